The van der Waals surface area contributed by atoms with Crippen LogP contribution in [0, 0.1) is 0 Å². The Morgan fingerprint density at radius 1 is 1.62 bits per heavy atom. The zero-order valence-corrected chi connectivity index (χ0v) is 6.29. The van der Waals surface area contributed by atoms with Gasteiger partial charge in [-0.2, -0.15) is 0 Å². The molecule has 0 aliphatic carbocycles. The summed E-state index contributed by atoms with van der Waals surface area (Å²) in [4.78, 5) is 0. The maximum absolute atomic E-state index is 5.24. The number of nitrogens with one attached hydrogen (secondary N) is 1. The van der Waals surface area contributed by atoms with Gasteiger partial charge in [-0.3, -0.25) is 4.72 Å². The topological polar surface area (TPSA) is 38.0 Å². The molecule has 3 heteroatoms. The highest BCUT2D eigenvalue weighted by Gasteiger charge is 1.89. The van der Waals surface area contributed by atoms with Crippen molar-refractivity contribution in [3.05, 3.63) is 0 Å². The molecule has 3 N–H and O–H groups in total. The van der Waals surface area contributed by atoms with E-state index in [2.05, 4.69) is 18.6 Å². The molecule has 8 heavy (non-hydrogen) atoms. The summed E-state index contributed by atoms with van der Waals surface area (Å²) in [7, 11) is 0. The summed E-state index contributed by atoms with van der Waals surface area (Å²) in [5.74, 6) is 0. The van der Waals surface area contributed by atoms with Crippen LogP contribution < -0.4 is 10.5 Å². The number of hydrogen-bond donors (Lipinski definition) is 2. The number of hydrogen-bond acceptors (Lipinski definition) is 3. The second-order valence-electron chi connectivity index (χ2n) is 1.85. The van der Waals surface area contributed by atoms with E-state index in [0.717, 1.165) is 13.1 Å². The Morgan fingerprint density at radius 3 is 2.62 bits per heavy atom. The molecule has 0 aliphatic rings. The SMILES string of the molecule is CC(C)SNCCN. The van der Waals surface area contributed by atoms with Crippen molar-refractivity contribution >= 4 is 11.9 Å². The summed E-state index contributed by atoms with van der Waals surface area (Å²) in [6.45, 7) is 5.92. The van der Waals surface area contributed by atoms with Crippen LogP contribution in [-0.2, 0) is 0 Å². The van der Waals surface area contributed by atoms with Crippen molar-refractivity contribution in [2.75, 3.05) is 13.1 Å². The van der Waals surface area contributed by atoms with Crippen molar-refractivity contribution in [1.29, 1.82) is 0 Å². The molecule has 0 bridgehead atoms. The Hall–Kier alpha value is 0.270. The summed E-state index contributed by atoms with van der Waals surface area (Å²) in [6, 6.07) is 0. The summed E-state index contributed by atoms with van der Waals surface area (Å²) < 4.78 is 3.13. The van der Waals surface area contributed by atoms with Gasteiger partial charge in [-0.1, -0.05) is 25.8 Å². The van der Waals surface area contributed by atoms with Gasteiger partial charge in [-0.15, -0.1) is 0 Å². The van der Waals surface area contributed by atoms with Crippen LogP contribution in [0.5, 0.6) is 0 Å². The van der Waals surface area contributed by atoms with Crippen LogP contribution in [0.25, 0.3) is 0 Å². The van der Waals surface area contributed by atoms with Gasteiger partial charge < -0.3 is 5.73 Å². The molecule has 0 rings (SSSR count). The third-order valence-electron chi connectivity index (χ3n) is 0.565. The van der Waals surface area contributed by atoms with Crippen LogP contribution in [-0.4, -0.2) is 18.3 Å². The average molecular weight is 134 g/mol. The van der Waals surface area contributed by atoms with E-state index >= 15 is 0 Å². The minimum absolute atomic E-state index is 0.654. The normalized spacial score (nSPS) is 10.5. The lowest BCUT2D eigenvalue weighted by molar-refractivity contribution is 0.909. The molecule has 0 aromatic carbocycles. The molecule has 2 nitrogen and oxygen atoms in total. The predicted molar refractivity (Wildman–Crippen MR) is 39.8 cm³/mol. The summed E-state index contributed by atoms with van der Waals surface area (Å²) in [5, 5.41) is 0.654. The minimum Gasteiger partial charge on any atom is -0.329 e. The van der Waals surface area contributed by atoms with Crippen molar-refractivity contribution in [2.45, 2.75) is 19.1 Å². The number of rotatable bonds is 4. The van der Waals surface area contributed by atoms with E-state index in [1.54, 1.807) is 11.9 Å². The first-order valence-electron chi connectivity index (χ1n) is 2.86. The minimum atomic E-state index is 0.654. The van der Waals surface area contributed by atoms with Crippen LogP contribution in [0.15, 0.2) is 0 Å². The lowest BCUT2D eigenvalue weighted by atomic mass is 10.6. The summed E-state index contributed by atoms with van der Waals surface area (Å²) in [6.07, 6.45) is 0. The molecule has 0 fully saturated rings. The molecule has 0 radical (unpaired) electrons. The van der Waals surface area contributed by atoms with Gasteiger partial charge in [-0.05, 0) is 0 Å². The molecule has 0 unspecified atom stereocenters. The van der Waals surface area contributed by atoms with E-state index in [1.165, 1.54) is 0 Å². The van der Waals surface area contributed by atoms with Gasteiger partial charge in [0.05, 0.1) is 0 Å². The van der Waals surface area contributed by atoms with Gasteiger partial charge in [0.1, 0.15) is 0 Å². The second kappa shape index (κ2) is 5.41. The van der Waals surface area contributed by atoms with E-state index in [-0.39, 0.29) is 0 Å². The van der Waals surface area contributed by atoms with Gasteiger partial charge in [0.15, 0.2) is 0 Å². The Kier molecular flexibility index (Phi) is 5.59. The molecule has 0 aliphatic heterocycles. The molecule has 0 aromatic rings. The van der Waals surface area contributed by atoms with Crippen molar-refractivity contribution in [3.63, 3.8) is 0 Å². The highest BCUT2D eigenvalue weighted by Crippen LogP contribution is 2.01. The molecular formula is C5H14N2S. The van der Waals surface area contributed by atoms with Crippen LogP contribution in [0.1, 0.15) is 13.8 Å². The highest BCUT2D eigenvalue weighted by molar-refractivity contribution is 7.97. The summed E-state index contributed by atoms with van der Waals surface area (Å²) >= 11 is 1.73. The predicted octanol–water partition coefficient (Wildman–Crippen LogP) is 0.591. The first kappa shape index (κ1) is 8.27. The van der Waals surface area contributed by atoms with Gasteiger partial charge in [0.25, 0.3) is 0 Å². The van der Waals surface area contributed by atoms with E-state index in [0.29, 0.717) is 5.25 Å². The average Bonchev–Trinajstić information content (AvgIpc) is 1.66. The monoisotopic (exact) mass is 134 g/mol. The third kappa shape index (κ3) is 6.27. The zero-order chi connectivity index (χ0) is 6.41. The Balaban J connectivity index is 2.72. The van der Waals surface area contributed by atoms with Crippen LogP contribution >= 0.6 is 11.9 Å². The smallest absolute Gasteiger partial charge is 0.0182 e. The van der Waals surface area contributed by atoms with Crippen LogP contribution in [0.4, 0.5) is 0 Å². The fourth-order valence-corrected chi connectivity index (χ4v) is 0.854. The second-order valence-corrected chi connectivity index (χ2v) is 3.32. The third-order valence-corrected chi connectivity index (χ3v) is 1.41. The maximum Gasteiger partial charge on any atom is 0.0182 e. The van der Waals surface area contributed by atoms with Gasteiger partial charge in [-0.25, -0.2) is 0 Å². The fourth-order valence-electron chi connectivity index (χ4n) is 0.285. The first-order valence-corrected chi connectivity index (χ1v) is 3.74. The van der Waals surface area contributed by atoms with Crippen molar-refractivity contribution in [3.8, 4) is 0 Å². The lowest BCUT2D eigenvalue weighted by Crippen LogP contribution is -2.17. The van der Waals surface area contributed by atoms with Crippen molar-refractivity contribution < 1.29 is 0 Å². The molecule has 0 atom stereocenters. The largest absolute Gasteiger partial charge is 0.329 e. The quantitative estimate of drug-likeness (QED) is 0.436. The van der Waals surface area contributed by atoms with Crippen LogP contribution in [0.2, 0.25) is 0 Å². The van der Waals surface area contributed by atoms with E-state index < -0.39 is 0 Å². The van der Waals surface area contributed by atoms with Crippen LogP contribution in [0.3, 0.4) is 0 Å². The molecular weight excluding hydrogens is 120 g/mol. The molecule has 0 saturated carbocycles. The summed E-state index contributed by atoms with van der Waals surface area (Å²) in [5.41, 5.74) is 5.24. The number of nitrogens with two attached hydrogens (primary N) is 1. The lowest BCUT2D eigenvalue weighted by Gasteiger charge is -2.03. The van der Waals surface area contributed by atoms with Gasteiger partial charge >= 0.3 is 0 Å². The Labute approximate surface area is 55.3 Å². The molecule has 0 saturated heterocycles. The standard InChI is InChI=1S/C5H14N2S/c1-5(2)8-7-4-3-6/h5,7H,3-4,6H2,1-2H3. The molecule has 0 spiro atoms. The molecule has 0 aromatic heterocycles. The Morgan fingerprint density at radius 2 is 2.25 bits per heavy atom. The highest BCUT2D eigenvalue weighted by atomic mass is 32.2. The zero-order valence-electron chi connectivity index (χ0n) is 5.48. The van der Waals surface area contributed by atoms with E-state index in [1.807, 2.05) is 0 Å². The van der Waals surface area contributed by atoms with Gasteiger partial charge in [0.2, 0.25) is 0 Å². The maximum atomic E-state index is 5.24. The van der Waals surface area contributed by atoms with E-state index in [4.69, 9.17) is 5.73 Å². The Bertz CT molecular complexity index is 47.7. The van der Waals surface area contributed by atoms with E-state index in [9.17, 15) is 0 Å². The van der Waals surface area contributed by atoms with Gasteiger partial charge in [0, 0.05) is 18.3 Å². The van der Waals surface area contributed by atoms with Crippen molar-refractivity contribution in [2.24, 2.45) is 5.73 Å². The molecule has 0 amide bonds. The van der Waals surface area contributed by atoms with Crippen molar-refractivity contribution in [1.82, 2.24) is 4.72 Å². The molecule has 50 valence electrons. The first-order chi connectivity index (χ1) is 3.77. The molecule has 0 heterocycles. The fraction of sp³-hybridized carbons (Fsp3) is 1.00.